The molecule has 6 heteroatoms. The Balaban J connectivity index is 2.18. The van der Waals surface area contributed by atoms with Crippen molar-refractivity contribution >= 4 is 34.9 Å². The van der Waals surface area contributed by atoms with Gasteiger partial charge in [-0.05, 0) is 18.2 Å². The van der Waals surface area contributed by atoms with E-state index in [0.29, 0.717) is 28.8 Å². The molecule has 4 nitrogen and oxygen atoms in total. The number of hydrogen-bond donors (Lipinski definition) is 3. The predicted molar refractivity (Wildman–Crippen MR) is 67.9 cm³/mol. The Kier molecular flexibility index (Phi) is 3.47. The molecular formula is C11H12Cl2N2O2. The lowest BCUT2D eigenvalue weighted by Crippen LogP contribution is -2.65. The maximum absolute atomic E-state index is 10.8. The zero-order valence-corrected chi connectivity index (χ0v) is 10.5. The van der Waals surface area contributed by atoms with Crippen molar-refractivity contribution in [3.8, 4) is 0 Å². The van der Waals surface area contributed by atoms with Crippen molar-refractivity contribution in [3.63, 3.8) is 0 Å². The van der Waals surface area contributed by atoms with Crippen molar-refractivity contribution < 1.29 is 9.90 Å². The molecule has 0 amide bonds. The normalized spacial score (nSPS) is 17.3. The maximum atomic E-state index is 10.8. The summed E-state index contributed by atoms with van der Waals surface area (Å²) >= 11 is 11.9. The van der Waals surface area contributed by atoms with E-state index in [1.807, 2.05) is 0 Å². The van der Waals surface area contributed by atoms with E-state index in [0.717, 1.165) is 0 Å². The van der Waals surface area contributed by atoms with Crippen molar-refractivity contribution in [3.05, 3.63) is 28.2 Å². The number of rotatable bonds is 4. The highest BCUT2D eigenvalue weighted by Crippen LogP contribution is 2.30. The standard InChI is InChI=1S/C11H12Cl2N2O2/c12-7-1-2-8(13)9(3-7)15-11(4-10(16)17)5-14-6-11/h1-3,14-15H,4-6H2,(H,16,17). The topological polar surface area (TPSA) is 61.4 Å². The number of carboxylic acids is 1. The van der Waals surface area contributed by atoms with Crippen molar-refractivity contribution in [2.75, 3.05) is 18.4 Å². The molecule has 1 heterocycles. The minimum absolute atomic E-state index is 0.0445. The molecule has 0 unspecified atom stereocenters. The van der Waals surface area contributed by atoms with Crippen molar-refractivity contribution in [1.29, 1.82) is 0 Å². The first-order chi connectivity index (χ1) is 8.01. The summed E-state index contributed by atoms with van der Waals surface area (Å²) in [7, 11) is 0. The molecule has 0 atom stereocenters. The average Bonchev–Trinajstić information content (AvgIpc) is 2.19. The van der Waals surface area contributed by atoms with Crippen LogP contribution >= 0.6 is 23.2 Å². The number of anilines is 1. The first kappa shape index (κ1) is 12.5. The van der Waals surface area contributed by atoms with E-state index in [2.05, 4.69) is 10.6 Å². The predicted octanol–water partition coefficient (Wildman–Crippen LogP) is 2.22. The summed E-state index contributed by atoms with van der Waals surface area (Å²) in [4.78, 5) is 10.8. The Morgan fingerprint density at radius 1 is 1.47 bits per heavy atom. The number of benzene rings is 1. The van der Waals surface area contributed by atoms with Crippen molar-refractivity contribution in [1.82, 2.24) is 5.32 Å². The summed E-state index contributed by atoms with van der Waals surface area (Å²) in [6.07, 6.45) is 0.0445. The minimum Gasteiger partial charge on any atom is -0.481 e. The summed E-state index contributed by atoms with van der Waals surface area (Å²) in [5.41, 5.74) is 0.196. The number of carboxylic acid groups (broad SMARTS) is 1. The van der Waals surface area contributed by atoms with Gasteiger partial charge in [0.25, 0.3) is 0 Å². The lowest BCUT2D eigenvalue weighted by Gasteiger charge is -2.43. The summed E-state index contributed by atoms with van der Waals surface area (Å²) in [6.45, 7) is 1.20. The minimum atomic E-state index is -0.836. The van der Waals surface area contributed by atoms with Crippen LogP contribution in [-0.4, -0.2) is 29.7 Å². The van der Waals surface area contributed by atoms with E-state index in [9.17, 15) is 4.79 Å². The molecule has 92 valence electrons. The Hall–Kier alpha value is -0.970. The molecule has 0 bridgehead atoms. The zero-order valence-electron chi connectivity index (χ0n) is 8.96. The molecule has 0 radical (unpaired) electrons. The van der Waals surface area contributed by atoms with Crippen LogP contribution in [0.15, 0.2) is 18.2 Å². The van der Waals surface area contributed by atoms with Crippen LogP contribution < -0.4 is 10.6 Å². The Morgan fingerprint density at radius 2 is 2.18 bits per heavy atom. The first-order valence-corrected chi connectivity index (χ1v) is 5.92. The van der Waals surface area contributed by atoms with Crippen molar-refractivity contribution in [2.24, 2.45) is 0 Å². The van der Waals surface area contributed by atoms with Gasteiger partial charge in [0.2, 0.25) is 0 Å². The number of aliphatic carboxylic acids is 1. The fourth-order valence-electron chi connectivity index (χ4n) is 1.85. The third kappa shape index (κ3) is 2.83. The third-order valence-electron chi connectivity index (χ3n) is 2.74. The maximum Gasteiger partial charge on any atom is 0.305 e. The van der Waals surface area contributed by atoms with Crippen LogP contribution in [0.4, 0.5) is 5.69 Å². The second kappa shape index (κ2) is 4.72. The molecule has 2 rings (SSSR count). The van der Waals surface area contributed by atoms with Gasteiger partial charge < -0.3 is 15.7 Å². The fourth-order valence-corrected chi connectivity index (χ4v) is 2.19. The zero-order chi connectivity index (χ0) is 12.5. The molecule has 1 saturated heterocycles. The quantitative estimate of drug-likeness (QED) is 0.788. The molecule has 1 fully saturated rings. The lowest BCUT2D eigenvalue weighted by molar-refractivity contribution is -0.138. The van der Waals surface area contributed by atoms with Crippen molar-refractivity contribution in [2.45, 2.75) is 12.0 Å². The van der Waals surface area contributed by atoms with Gasteiger partial charge in [0.1, 0.15) is 0 Å². The van der Waals surface area contributed by atoms with Gasteiger partial charge in [-0.25, -0.2) is 0 Å². The number of nitrogens with one attached hydrogen (secondary N) is 2. The van der Waals surface area contributed by atoms with E-state index < -0.39 is 11.5 Å². The highest BCUT2D eigenvalue weighted by molar-refractivity contribution is 6.35. The summed E-state index contributed by atoms with van der Waals surface area (Å²) < 4.78 is 0. The molecule has 1 aromatic rings. The van der Waals surface area contributed by atoms with Gasteiger partial charge in [-0.1, -0.05) is 23.2 Å². The second-order valence-corrected chi connectivity index (χ2v) is 5.05. The molecule has 1 aliphatic heterocycles. The van der Waals surface area contributed by atoms with Gasteiger partial charge in [0.05, 0.1) is 22.7 Å². The van der Waals surface area contributed by atoms with Crippen LogP contribution in [0, 0.1) is 0 Å². The number of carbonyl (C=O) groups is 1. The van der Waals surface area contributed by atoms with Gasteiger partial charge in [-0.2, -0.15) is 0 Å². The van der Waals surface area contributed by atoms with Crippen LogP contribution in [0.3, 0.4) is 0 Å². The summed E-state index contributed by atoms with van der Waals surface area (Å²) in [5, 5.41) is 16.2. The van der Waals surface area contributed by atoms with Gasteiger partial charge in [0.15, 0.2) is 0 Å². The van der Waals surface area contributed by atoms with Crippen LogP contribution in [0.2, 0.25) is 10.0 Å². The lowest BCUT2D eigenvalue weighted by atomic mass is 9.88. The highest BCUT2D eigenvalue weighted by atomic mass is 35.5. The molecule has 17 heavy (non-hydrogen) atoms. The Morgan fingerprint density at radius 3 is 2.71 bits per heavy atom. The van der Waals surface area contributed by atoms with Gasteiger partial charge in [-0.15, -0.1) is 0 Å². The van der Waals surface area contributed by atoms with Crippen LogP contribution in [0.5, 0.6) is 0 Å². The fraction of sp³-hybridized carbons (Fsp3) is 0.364. The number of hydrogen-bond acceptors (Lipinski definition) is 3. The summed E-state index contributed by atoms with van der Waals surface area (Å²) in [5.74, 6) is -0.836. The third-order valence-corrected chi connectivity index (χ3v) is 3.31. The monoisotopic (exact) mass is 274 g/mol. The van der Waals surface area contributed by atoms with Gasteiger partial charge >= 0.3 is 5.97 Å². The van der Waals surface area contributed by atoms with Gasteiger partial charge in [0, 0.05) is 18.1 Å². The smallest absolute Gasteiger partial charge is 0.305 e. The Bertz CT molecular complexity index is 447. The average molecular weight is 275 g/mol. The molecule has 0 saturated carbocycles. The van der Waals surface area contributed by atoms with E-state index in [1.165, 1.54) is 0 Å². The largest absolute Gasteiger partial charge is 0.481 e. The van der Waals surface area contributed by atoms with Gasteiger partial charge in [-0.3, -0.25) is 4.79 Å². The molecule has 0 aromatic heterocycles. The SMILES string of the molecule is O=C(O)CC1(Nc2cc(Cl)ccc2Cl)CNC1. The van der Waals surface area contributed by atoms with Crippen LogP contribution in [0.1, 0.15) is 6.42 Å². The number of halogens is 2. The Labute approximate surface area is 109 Å². The molecule has 0 aliphatic carbocycles. The molecule has 1 aromatic carbocycles. The van der Waals surface area contributed by atoms with Crippen LogP contribution in [-0.2, 0) is 4.79 Å². The molecule has 1 aliphatic rings. The first-order valence-electron chi connectivity index (χ1n) is 5.17. The molecule has 0 spiro atoms. The van der Waals surface area contributed by atoms with Crippen LogP contribution in [0.25, 0.3) is 0 Å². The molecular weight excluding hydrogens is 263 g/mol. The van der Waals surface area contributed by atoms with E-state index >= 15 is 0 Å². The molecule has 3 N–H and O–H groups in total. The second-order valence-electron chi connectivity index (χ2n) is 4.20. The summed E-state index contributed by atoms with van der Waals surface area (Å²) in [6, 6.07) is 5.08. The highest BCUT2D eigenvalue weighted by Gasteiger charge is 2.39. The van der Waals surface area contributed by atoms with E-state index in [-0.39, 0.29) is 6.42 Å². The van der Waals surface area contributed by atoms with E-state index in [4.69, 9.17) is 28.3 Å². The van der Waals surface area contributed by atoms with E-state index in [1.54, 1.807) is 18.2 Å².